The Morgan fingerprint density at radius 2 is 1.81 bits per heavy atom. The maximum absolute atomic E-state index is 12.5. The van der Waals surface area contributed by atoms with E-state index >= 15 is 0 Å². The molecule has 0 saturated carbocycles. The van der Waals surface area contributed by atoms with Crippen LogP contribution in [0.15, 0.2) is 24.3 Å². The number of hydrazine groups is 1. The number of hydrogen-bond donors (Lipinski definition) is 1. The lowest BCUT2D eigenvalue weighted by atomic mass is 9.96. The van der Waals surface area contributed by atoms with Crippen molar-refractivity contribution in [2.75, 3.05) is 31.2 Å². The molecule has 1 aliphatic rings. The highest BCUT2D eigenvalue weighted by molar-refractivity contribution is 6.32. The van der Waals surface area contributed by atoms with Crippen LogP contribution in [0.25, 0.3) is 0 Å². The molecule has 0 unspecified atom stereocenters. The highest BCUT2D eigenvalue weighted by Crippen LogP contribution is 2.18. The van der Waals surface area contributed by atoms with E-state index in [0.717, 1.165) is 25.3 Å². The largest absolute Gasteiger partial charge is 0.442 e. The van der Waals surface area contributed by atoms with Crippen LogP contribution in [0.3, 0.4) is 0 Å². The van der Waals surface area contributed by atoms with E-state index in [1.54, 1.807) is 5.01 Å². The van der Waals surface area contributed by atoms with Gasteiger partial charge in [-0.15, -0.1) is 0 Å². The Balaban J connectivity index is 2.21. The minimum absolute atomic E-state index is 0.299. The molecule has 1 heterocycles. The molecule has 6 heteroatoms. The number of anilines is 1. The Morgan fingerprint density at radius 3 is 2.43 bits per heavy atom. The van der Waals surface area contributed by atoms with E-state index in [1.807, 2.05) is 37.9 Å². The normalized spacial score (nSPS) is 16.5. The van der Waals surface area contributed by atoms with Crippen LogP contribution in [-0.4, -0.2) is 50.7 Å². The van der Waals surface area contributed by atoms with E-state index in [4.69, 9.17) is 4.74 Å². The molecule has 5 nitrogen and oxygen atoms in total. The van der Waals surface area contributed by atoms with Gasteiger partial charge < -0.3 is 10.1 Å². The van der Waals surface area contributed by atoms with E-state index in [2.05, 4.69) is 25.3 Å². The molecule has 1 saturated heterocycles. The molecule has 0 aromatic heterocycles. The highest BCUT2D eigenvalue weighted by Gasteiger charge is 2.28. The Morgan fingerprint density at radius 1 is 1.19 bits per heavy atom. The SMILES string of the molecule is Bc1ccc(N2CCNCCN2C(=O)OC(C)(C)C)cc1. The van der Waals surface area contributed by atoms with E-state index in [-0.39, 0.29) is 6.09 Å². The van der Waals surface area contributed by atoms with E-state index < -0.39 is 5.60 Å². The van der Waals surface area contributed by atoms with Gasteiger partial charge in [0.25, 0.3) is 0 Å². The summed E-state index contributed by atoms with van der Waals surface area (Å²) >= 11 is 0. The lowest BCUT2D eigenvalue weighted by molar-refractivity contribution is 0.0239. The van der Waals surface area contributed by atoms with Crippen molar-refractivity contribution in [2.45, 2.75) is 26.4 Å². The summed E-state index contributed by atoms with van der Waals surface area (Å²) in [7, 11) is 2.05. The van der Waals surface area contributed by atoms with Gasteiger partial charge in [0.05, 0.1) is 18.8 Å². The molecule has 1 N–H and O–H groups in total. The highest BCUT2D eigenvalue weighted by atomic mass is 16.6. The summed E-state index contributed by atoms with van der Waals surface area (Å²) < 4.78 is 5.53. The van der Waals surface area contributed by atoms with Gasteiger partial charge in [0.15, 0.2) is 0 Å². The zero-order valence-electron chi connectivity index (χ0n) is 13.3. The maximum atomic E-state index is 12.5. The molecule has 1 fully saturated rings. The second-order valence-electron chi connectivity index (χ2n) is 6.31. The fraction of sp³-hybridized carbons (Fsp3) is 0.533. The third kappa shape index (κ3) is 4.39. The van der Waals surface area contributed by atoms with Crippen molar-refractivity contribution < 1.29 is 9.53 Å². The summed E-state index contributed by atoms with van der Waals surface area (Å²) in [5.41, 5.74) is 1.72. The Kier molecular flexibility index (Phi) is 4.78. The van der Waals surface area contributed by atoms with Crippen LogP contribution < -0.4 is 15.8 Å². The van der Waals surface area contributed by atoms with Gasteiger partial charge >= 0.3 is 6.09 Å². The van der Waals surface area contributed by atoms with Crippen molar-refractivity contribution >= 4 is 25.1 Å². The number of ether oxygens (including phenoxy) is 1. The number of amides is 1. The van der Waals surface area contributed by atoms with E-state index in [0.29, 0.717) is 6.54 Å². The average Bonchev–Trinajstić information content (AvgIpc) is 2.63. The van der Waals surface area contributed by atoms with Crippen molar-refractivity contribution in [3.8, 4) is 0 Å². The Hall–Kier alpha value is -1.69. The van der Waals surface area contributed by atoms with Crippen molar-refractivity contribution in [1.82, 2.24) is 10.3 Å². The molecule has 1 aromatic rings. The molecule has 2 rings (SSSR count). The van der Waals surface area contributed by atoms with Gasteiger partial charge in [-0.1, -0.05) is 17.6 Å². The zero-order chi connectivity index (χ0) is 15.5. The van der Waals surface area contributed by atoms with Gasteiger partial charge in [0, 0.05) is 13.1 Å². The molecule has 114 valence electrons. The van der Waals surface area contributed by atoms with Gasteiger partial charge in [-0.05, 0) is 32.9 Å². The summed E-state index contributed by atoms with van der Waals surface area (Å²) in [4.78, 5) is 12.5. The standard InChI is InChI=1S/C15H24BN3O2/c1-15(2,3)21-14(20)19-11-9-17-8-10-18(19)13-6-4-12(16)5-7-13/h4-7,17H,8-11,16H2,1-3H3. The molecule has 1 aliphatic heterocycles. The lowest BCUT2D eigenvalue weighted by Gasteiger charge is -2.35. The summed E-state index contributed by atoms with van der Waals surface area (Å²) in [5, 5.41) is 7.00. The first-order chi connectivity index (χ1) is 9.87. The number of benzene rings is 1. The van der Waals surface area contributed by atoms with Crippen LogP contribution in [-0.2, 0) is 4.74 Å². The predicted molar refractivity (Wildman–Crippen MR) is 87.8 cm³/mol. The van der Waals surface area contributed by atoms with E-state index in [1.165, 1.54) is 5.46 Å². The van der Waals surface area contributed by atoms with Crippen LogP contribution >= 0.6 is 0 Å². The smallest absolute Gasteiger partial charge is 0.429 e. The number of nitrogens with one attached hydrogen (secondary N) is 1. The van der Waals surface area contributed by atoms with Crippen LogP contribution in [0.1, 0.15) is 20.8 Å². The fourth-order valence-corrected chi connectivity index (χ4v) is 2.23. The molecule has 0 atom stereocenters. The molecule has 1 aromatic carbocycles. The van der Waals surface area contributed by atoms with Gasteiger partial charge in [0.2, 0.25) is 0 Å². The summed E-state index contributed by atoms with van der Waals surface area (Å²) in [6, 6.07) is 8.19. The lowest BCUT2D eigenvalue weighted by Crippen LogP contribution is -2.49. The molecular formula is C15H24BN3O2. The minimum Gasteiger partial charge on any atom is -0.442 e. The topological polar surface area (TPSA) is 44.8 Å². The van der Waals surface area contributed by atoms with Gasteiger partial charge in [0.1, 0.15) is 13.4 Å². The molecular weight excluding hydrogens is 265 g/mol. The van der Waals surface area contributed by atoms with Gasteiger partial charge in [-0.3, -0.25) is 5.01 Å². The van der Waals surface area contributed by atoms with Crippen molar-refractivity contribution in [2.24, 2.45) is 0 Å². The quantitative estimate of drug-likeness (QED) is 0.765. The second kappa shape index (κ2) is 6.39. The predicted octanol–water partition coefficient (Wildman–Crippen LogP) is 0.507. The van der Waals surface area contributed by atoms with Crippen LogP contribution in [0.5, 0.6) is 0 Å². The number of carbonyl (C=O) groups is 1. The number of nitrogens with zero attached hydrogens (tertiary/aromatic N) is 2. The second-order valence-corrected chi connectivity index (χ2v) is 6.31. The van der Waals surface area contributed by atoms with Crippen LogP contribution in [0, 0.1) is 0 Å². The van der Waals surface area contributed by atoms with Crippen LogP contribution in [0.2, 0.25) is 0 Å². The van der Waals surface area contributed by atoms with Crippen molar-refractivity contribution in [3.63, 3.8) is 0 Å². The number of rotatable bonds is 1. The third-order valence-electron chi connectivity index (χ3n) is 3.23. The average molecular weight is 289 g/mol. The first kappa shape index (κ1) is 15.7. The first-order valence-electron chi connectivity index (χ1n) is 7.42. The Bertz CT molecular complexity index is 485. The zero-order valence-corrected chi connectivity index (χ0v) is 13.3. The Labute approximate surface area is 127 Å². The number of carbonyl (C=O) groups excluding carboxylic acids is 1. The molecule has 0 spiro atoms. The van der Waals surface area contributed by atoms with Gasteiger partial charge in [-0.2, -0.15) is 0 Å². The van der Waals surface area contributed by atoms with Crippen LogP contribution in [0.4, 0.5) is 10.5 Å². The molecule has 0 aliphatic carbocycles. The molecule has 1 amide bonds. The third-order valence-corrected chi connectivity index (χ3v) is 3.23. The molecule has 0 bridgehead atoms. The first-order valence-corrected chi connectivity index (χ1v) is 7.42. The van der Waals surface area contributed by atoms with Crippen molar-refractivity contribution in [3.05, 3.63) is 24.3 Å². The summed E-state index contributed by atoms with van der Waals surface area (Å²) in [5.74, 6) is 0. The molecule has 0 radical (unpaired) electrons. The maximum Gasteiger partial charge on any atom is 0.429 e. The summed E-state index contributed by atoms with van der Waals surface area (Å²) in [6.07, 6.45) is -0.299. The number of hydrogen-bond acceptors (Lipinski definition) is 4. The minimum atomic E-state index is -0.490. The fourth-order valence-electron chi connectivity index (χ4n) is 2.23. The summed E-state index contributed by atoms with van der Waals surface area (Å²) in [6.45, 7) is 8.60. The molecule has 21 heavy (non-hydrogen) atoms. The van der Waals surface area contributed by atoms with E-state index in [9.17, 15) is 4.79 Å². The monoisotopic (exact) mass is 289 g/mol. The van der Waals surface area contributed by atoms with Gasteiger partial charge in [-0.25, -0.2) is 9.80 Å². The van der Waals surface area contributed by atoms with Crippen molar-refractivity contribution in [1.29, 1.82) is 0 Å².